The van der Waals surface area contributed by atoms with E-state index in [-0.39, 0.29) is 16.9 Å². The van der Waals surface area contributed by atoms with E-state index < -0.39 is 17.4 Å². The molecule has 2 aromatic rings. The highest BCUT2D eigenvalue weighted by molar-refractivity contribution is 6.23. The van der Waals surface area contributed by atoms with Crippen molar-refractivity contribution in [3.8, 4) is 18.0 Å². The van der Waals surface area contributed by atoms with Crippen LogP contribution < -0.4 is 16.6 Å². The highest BCUT2D eigenvalue weighted by atomic mass is 16.2. The number of nitrogens with two attached hydrogens (primary N) is 1. The number of benzene rings is 1. The van der Waals surface area contributed by atoms with Gasteiger partial charge in [0.05, 0.1) is 16.8 Å². The number of amides is 2. The number of aromatic nitrogens is 1. The van der Waals surface area contributed by atoms with Gasteiger partial charge >= 0.3 is 0 Å². The standard InChI is InChI=1S/C15H9N3O3/c1-2-8-4-3-5-9(6-8)18-11(19)7-10-12(13(18)16)15(21)17-14(10)20/h1,3-7H,16H2,(H,17,20,21). The van der Waals surface area contributed by atoms with Crippen molar-refractivity contribution in [1.29, 1.82) is 0 Å². The minimum atomic E-state index is -0.622. The maximum atomic E-state index is 12.2. The van der Waals surface area contributed by atoms with Crippen molar-refractivity contribution in [2.24, 2.45) is 0 Å². The lowest BCUT2D eigenvalue weighted by Gasteiger charge is -2.12. The maximum absolute atomic E-state index is 12.2. The van der Waals surface area contributed by atoms with Crippen LogP contribution in [0.4, 0.5) is 5.82 Å². The summed E-state index contributed by atoms with van der Waals surface area (Å²) in [4.78, 5) is 35.5. The molecule has 1 aromatic heterocycles. The second-order valence-electron chi connectivity index (χ2n) is 4.47. The molecule has 3 rings (SSSR count). The van der Waals surface area contributed by atoms with Crippen LogP contribution >= 0.6 is 0 Å². The fourth-order valence-corrected chi connectivity index (χ4v) is 2.28. The van der Waals surface area contributed by atoms with Crippen molar-refractivity contribution in [3.63, 3.8) is 0 Å². The van der Waals surface area contributed by atoms with Crippen LogP contribution in [0, 0.1) is 12.3 Å². The zero-order chi connectivity index (χ0) is 15.1. The highest BCUT2D eigenvalue weighted by Crippen LogP contribution is 2.22. The molecule has 0 atom stereocenters. The number of nitrogens with zero attached hydrogens (tertiary/aromatic N) is 1. The molecule has 102 valence electrons. The molecule has 0 radical (unpaired) electrons. The van der Waals surface area contributed by atoms with Gasteiger partial charge < -0.3 is 5.73 Å². The zero-order valence-electron chi connectivity index (χ0n) is 10.7. The number of nitrogen functional groups attached to an aromatic ring is 1. The van der Waals surface area contributed by atoms with Gasteiger partial charge in [-0.15, -0.1) is 6.42 Å². The van der Waals surface area contributed by atoms with Gasteiger partial charge in [0.25, 0.3) is 17.4 Å². The Morgan fingerprint density at radius 2 is 1.90 bits per heavy atom. The summed E-state index contributed by atoms with van der Waals surface area (Å²) in [6, 6.07) is 7.70. The van der Waals surface area contributed by atoms with Crippen LogP contribution in [0.1, 0.15) is 26.3 Å². The number of hydrogen-bond donors (Lipinski definition) is 2. The Hall–Kier alpha value is -3.33. The summed E-state index contributed by atoms with van der Waals surface area (Å²) in [5, 5.41) is 2.11. The number of fused-ring (bicyclic) bond motifs is 1. The largest absolute Gasteiger partial charge is 0.384 e. The van der Waals surface area contributed by atoms with E-state index in [0.717, 1.165) is 10.6 Å². The molecule has 0 saturated heterocycles. The van der Waals surface area contributed by atoms with Crippen LogP contribution in [0.5, 0.6) is 0 Å². The summed E-state index contributed by atoms with van der Waals surface area (Å²) < 4.78 is 1.15. The first kappa shape index (κ1) is 12.7. The number of carbonyl (C=O) groups is 2. The second-order valence-corrected chi connectivity index (χ2v) is 4.47. The number of hydrogen-bond acceptors (Lipinski definition) is 4. The molecule has 0 aliphatic carbocycles. The van der Waals surface area contributed by atoms with Crippen molar-refractivity contribution >= 4 is 17.6 Å². The Morgan fingerprint density at radius 1 is 1.14 bits per heavy atom. The molecule has 3 N–H and O–H groups in total. The van der Waals surface area contributed by atoms with E-state index in [1.165, 1.54) is 0 Å². The molecule has 1 aliphatic heterocycles. The van der Waals surface area contributed by atoms with Gasteiger partial charge in [0.15, 0.2) is 0 Å². The Balaban J connectivity index is 2.33. The van der Waals surface area contributed by atoms with E-state index in [4.69, 9.17) is 12.2 Å². The van der Waals surface area contributed by atoms with Crippen LogP contribution in [0.15, 0.2) is 35.1 Å². The van der Waals surface area contributed by atoms with Crippen LogP contribution in [0.3, 0.4) is 0 Å². The average Bonchev–Trinajstić information content (AvgIpc) is 2.74. The minimum Gasteiger partial charge on any atom is -0.384 e. The number of anilines is 1. The van der Waals surface area contributed by atoms with Gasteiger partial charge in [-0.1, -0.05) is 12.0 Å². The molecule has 2 heterocycles. The fraction of sp³-hybridized carbons (Fsp3) is 0. The van der Waals surface area contributed by atoms with E-state index in [1.54, 1.807) is 24.3 Å². The monoisotopic (exact) mass is 279 g/mol. The Labute approximate surface area is 119 Å². The zero-order valence-corrected chi connectivity index (χ0v) is 10.7. The summed E-state index contributed by atoms with van der Waals surface area (Å²) >= 11 is 0. The lowest BCUT2D eigenvalue weighted by Crippen LogP contribution is -2.24. The molecule has 1 aliphatic rings. The predicted molar refractivity (Wildman–Crippen MR) is 76.2 cm³/mol. The van der Waals surface area contributed by atoms with Gasteiger partial charge in [-0.3, -0.25) is 24.3 Å². The number of rotatable bonds is 1. The molecule has 1 aromatic carbocycles. The van der Waals surface area contributed by atoms with E-state index in [9.17, 15) is 14.4 Å². The van der Waals surface area contributed by atoms with E-state index in [2.05, 4.69) is 11.2 Å². The molecule has 0 saturated carbocycles. The third-order valence-electron chi connectivity index (χ3n) is 3.22. The molecule has 6 heteroatoms. The quantitative estimate of drug-likeness (QED) is 0.579. The Kier molecular flexibility index (Phi) is 2.63. The van der Waals surface area contributed by atoms with Crippen molar-refractivity contribution in [1.82, 2.24) is 9.88 Å². The topological polar surface area (TPSA) is 94.2 Å². The Bertz CT molecular complexity index is 903. The lowest BCUT2D eigenvalue weighted by atomic mass is 10.1. The van der Waals surface area contributed by atoms with Crippen LogP contribution in [-0.2, 0) is 0 Å². The van der Waals surface area contributed by atoms with Crippen LogP contribution in [0.2, 0.25) is 0 Å². The first-order valence-electron chi connectivity index (χ1n) is 6.01. The molecule has 21 heavy (non-hydrogen) atoms. The number of imide groups is 1. The minimum absolute atomic E-state index is 0.00529. The van der Waals surface area contributed by atoms with Gasteiger partial charge in [-0.2, -0.15) is 0 Å². The van der Waals surface area contributed by atoms with Crippen LogP contribution in [0.25, 0.3) is 5.69 Å². The number of nitrogens with one attached hydrogen (secondary N) is 1. The molecule has 2 amide bonds. The van der Waals surface area contributed by atoms with E-state index >= 15 is 0 Å². The highest BCUT2D eigenvalue weighted by Gasteiger charge is 2.31. The van der Waals surface area contributed by atoms with Gasteiger partial charge in [0.2, 0.25) is 0 Å². The second kappa shape index (κ2) is 4.35. The molecule has 0 fully saturated rings. The molecule has 0 bridgehead atoms. The SMILES string of the molecule is C#Cc1cccc(-n2c(N)c3c(cc2=O)C(=O)NC3=O)c1. The molecule has 6 nitrogen and oxygen atoms in total. The maximum Gasteiger partial charge on any atom is 0.262 e. The fourth-order valence-electron chi connectivity index (χ4n) is 2.28. The van der Waals surface area contributed by atoms with Crippen molar-refractivity contribution in [3.05, 3.63) is 57.4 Å². The smallest absolute Gasteiger partial charge is 0.262 e. The average molecular weight is 279 g/mol. The summed E-state index contributed by atoms with van der Waals surface area (Å²) in [5.74, 6) is 1.13. The van der Waals surface area contributed by atoms with Gasteiger partial charge in [-0.05, 0) is 18.2 Å². The van der Waals surface area contributed by atoms with Crippen molar-refractivity contribution in [2.45, 2.75) is 0 Å². The third-order valence-corrected chi connectivity index (χ3v) is 3.22. The molecule has 0 unspecified atom stereocenters. The molecule has 0 spiro atoms. The first-order chi connectivity index (χ1) is 10.0. The molecular formula is C15H9N3O3. The number of terminal acetylenes is 1. The summed E-state index contributed by atoms with van der Waals surface area (Å²) in [7, 11) is 0. The van der Waals surface area contributed by atoms with E-state index in [0.29, 0.717) is 11.3 Å². The van der Waals surface area contributed by atoms with Crippen molar-refractivity contribution in [2.75, 3.05) is 5.73 Å². The van der Waals surface area contributed by atoms with Crippen molar-refractivity contribution < 1.29 is 9.59 Å². The first-order valence-corrected chi connectivity index (χ1v) is 6.01. The van der Waals surface area contributed by atoms with Gasteiger partial charge in [-0.25, -0.2) is 0 Å². The number of pyridine rings is 1. The van der Waals surface area contributed by atoms with Gasteiger partial charge in [0.1, 0.15) is 5.82 Å². The predicted octanol–water partition coefficient (Wildman–Crippen LogP) is 0.285. The Morgan fingerprint density at radius 3 is 2.62 bits per heavy atom. The third kappa shape index (κ3) is 1.80. The molecular weight excluding hydrogens is 270 g/mol. The normalized spacial score (nSPS) is 12.7. The van der Waals surface area contributed by atoms with Crippen LogP contribution in [-0.4, -0.2) is 16.4 Å². The number of carbonyl (C=O) groups excluding carboxylic acids is 2. The summed E-state index contributed by atoms with van der Waals surface area (Å²) in [5.41, 5.74) is 6.40. The summed E-state index contributed by atoms with van der Waals surface area (Å²) in [6.07, 6.45) is 5.33. The lowest BCUT2D eigenvalue weighted by molar-refractivity contribution is 0.0880. The van der Waals surface area contributed by atoms with E-state index in [1.807, 2.05) is 0 Å². The van der Waals surface area contributed by atoms with Gasteiger partial charge in [0, 0.05) is 11.6 Å². The summed E-state index contributed by atoms with van der Waals surface area (Å²) in [6.45, 7) is 0.